The molecule has 92 valence electrons. The summed E-state index contributed by atoms with van der Waals surface area (Å²) in [7, 11) is 0. The molecule has 0 heterocycles. The molecular weight excluding hydrogens is 214 g/mol. The number of benzene rings is 1. The average molecular weight is 233 g/mol. The molecule has 3 nitrogen and oxygen atoms in total. The number of nitrogens with two attached hydrogens (primary N) is 1. The summed E-state index contributed by atoms with van der Waals surface area (Å²) >= 11 is 0. The van der Waals surface area contributed by atoms with E-state index < -0.39 is 5.97 Å². The molecule has 1 aliphatic rings. The van der Waals surface area contributed by atoms with Crippen molar-refractivity contribution in [2.24, 2.45) is 5.73 Å². The molecule has 1 unspecified atom stereocenters. The standard InChI is InChI=1S/C14H19NO2/c1-10-4-5-12-11(7-10)3-2-6-14(12,9-15)8-13(16)17/h4-5,7H,2-3,6,8-9,15H2,1H3,(H,16,17). The molecule has 0 aromatic heterocycles. The minimum Gasteiger partial charge on any atom is -0.481 e. The van der Waals surface area contributed by atoms with Gasteiger partial charge in [-0.3, -0.25) is 4.79 Å². The second kappa shape index (κ2) is 4.49. The molecular formula is C14H19NO2. The molecule has 1 aromatic carbocycles. The van der Waals surface area contributed by atoms with E-state index in [1.807, 2.05) is 0 Å². The monoisotopic (exact) mass is 233 g/mol. The van der Waals surface area contributed by atoms with Gasteiger partial charge in [0.05, 0.1) is 6.42 Å². The van der Waals surface area contributed by atoms with Crippen LogP contribution in [0.3, 0.4) is 0 Å². The van der Waals surface area contributed by atoms with Crippen molar-refractivity contribution in [3.8, 4) is 0 Å². The quantitative estimate of drug-likeness (QED) is 0.839. The van der Waals surface area contributed by atoms with Gasteiger partial charge < -0.3 is 10.8 Å². The Morgan fingerprint density at radius 1 is 1.53 bits per heavy atom. The third-order valence-corrected chi connectivity index (χ3v) is 3.81. The largest absolute Gasteiger partial charge is 0.481 e. The lowest BCUT2D eigenvalue weighted by molar-refractivity contribution is -0.138. The van der Waals surface area contributed by atoms with Crippen molar-refractivity contribution in [3.63, 3.8) is 0 Å². The highest BCUT2D eigenvalue weighted by Gasteiger charge is 2.37. The Morgan fingerprint density at radius 2 is 2.29 bits per heavy atom. The Bertz CT molecular complexity index is 442. The van der Waals surface area contributed by atoms with E-state index in [1.54, 1.807) is 0 Å². The average Bonchev–Trinajstić information content (AvgIpc) is 2.28. The molecule has 0 fully saturated rings. The molecule has 3 heteroatoms. The van der Waals surface area contributed by atoms with Crippen molar-refractivity contribution < 1.29 is 9.90 Å². The first kappa shape index (κ1) is 12.1. The van der Waals surface area contributed by atoms with Gasteiger partial charge in [-0.2, -0.15) is 0 Å². The lowest BCUT2D eigenvalue weighted by Crippen LogP contribution is -2.40. The molecule has 2 rings (SSSR count). The summed E-state index contributed by atoms with van der Waals surface area (Å²) in [5.74, 6) is -0.760. The zero-order valence-corrected chi connectivity index (χ0v) is 10.2. The second-order valence-electron chi connectivity index (χ2n) is 5.07. The van der Waals surface area contributed by atoms with E-state index in [2.05, 4.69) is 25.1 Å². The molecule has 3 N–H and O–H groups in total. The zero-order chi connectivity index (χ0) is 12.5. The molecule has 1 aliphatic carbocycles. The van der Waals surface area contributed by atoms with E-state index in [1.165, 1.54) is 11.1 Å². The van der Waals surface area contributed by atoms with Crippen LogP contribution in [0.4, 0.5) is 0 Å². The summed E-state index contributed by atoms with van der Waals surface area (Å²) < 4.78 is 0. The molecule has 0 spiro atoms. The maximum Gasteiger partial charge on any atom is 0.304 e. The molecule has 0 saturated heterocycles. The smallest absolute Gasteiger partial charge is 0.304 e. The molecule has 17 heavy (non-hydrogen) atoms. The number of hydrogen-bond acceptors (Lipinski definition) is 2. The summed E-state index contributed by atoms with van der Waals surface area (Å²) in [6.07, 6.45) is 3.09. The van der Waals surface area contributed by atoms with Crippen LogP contribution in [0.25, 0.3) is 0 Å². The number of carbonyl (C=O) groups is 1. The fraction of sp³-hybridized carbons (Fsp3) is 0.500. The Kier molecular flexibility index (Phi) is 3.20. The number of aryl methyl sites for hydroxylation is 2. The molecule has 0 aliphatic heterocycles. The number of aliphatic carboxylic acids is 1. The number of rotatable bonds is 3. The summed E-state index contributed by atoms with van der Waals surface area (Å²) in [6.45, 7) is 2.48. The van der Waals surface area contributed by atoms with Crippen LogP contribution in [-0.2, 0) is 16.6 Å². The molecule has 1 atom stereocenters. The summed E-state index contributed by atoms with van der Waals surface area (Å²) in [4.78, 5) is 11.1. The van der Waals surface area contributed by atoms with Crippen LogP contribution in [0.2, 0.25) is 0 Å². The van der Waals surface area contributed by atoms with Gasteiger partial charge in [0.25, 0.3) is 0 Å². The van der Waals surface area contributed by atoms with E-state index in [9.17, 15) is 4.79 Å². The van der Waals surface area contributed by atoms with Crippen LogP contribution in [0.5, 0.6) is 0 Å². The van der Waals surface area contributed by atoms with Crippen molar-refractivity contribution in [3.05, 3.63) is 34.9 Å². The first-order valence-corrected chi connectivity index (χ1v) is 6.09. The summed E-state index contributed by atoms with van der Waals surface area (Å²) in [6, 6.07) is 6.29. The fourth-order valence-corrected chi connectivity index (χ4v) is 2.96. The lowest BCUT2D eigenvalue weighted by atomic mass is 9.68. The highest BCUT2D eigenvalue weighted by Crippen LogP contribution is 2.39. The van der Waals surface area contributed by atoms with E-state index in [0.717, 1.165) is 24.8 Å². The number of carboxylic acids is 1. The van der Waals surface area contributed by atoms with Crippen molar-refractivity contribution in [1.82, 2.24) is 0 Å². The van der Waals surface area contributed by atoms with Gasteiger partial charge in [0.1, 0.15) is 0 Å². The minimum atomic E-state index is -0.760. The Hall–Kier alpha value is -1.35. The van der Waals surface area contributed by atoms with E-state index in [4.69, 9.17) is 10.8 Å². The topological polar surface area (TPSA) is 63.3 Å². The maximum absolute atomic E-state index is 11.1. The van der Waals surface area contributed by atoms with E-state index in [-0.39, 0.29) is 11.8 Å². The Labute approximate surface area is 102 Å². The van der Waals surface area contributed by atoms with Gasteiger partial charge in [-0.05, 0) is 37.3 Å². The van der Waals surface area contributed by atoms with Gasteiger partial charge in [-0.15, -0.1) is 0 Å². The van der Waals surface area contributed by atoms with Crippen molar-refractivity contribution >= 4 is 5.97 Å². The first-order valence-electron chi connectivity index (χ1n) is 6.09. The third kappa shape index (κ3) is 2.20. The third-order valence-electron chi connectivity index (χ3n) is 3.81. The predicted molar refractivity (Wildman–Crippen MR) is 67.1 cm³/mol. The Morgan fingerprint density at radius 3 is 2.94 bits per heavy atom. The van der Waals surface area contributed by atoms with Gasteiger partial charge in [-0.25, -0.2) is 0 Å². The lowest BCUT2D eigenvalue weighted by Gasteiger charge is -2.37. The van der Waals surface area contributed by atoms with Crippen LogP contribution in [-0.4, -0.2) is 17.6 Å². The highest BCUT2D eigenvalue weighted by molar-refractivity contribution is 5.69. The van der Waals surface area contributed by atoms with Crippen LogP contribution in [0.15, 0.2) is 18.2 Å². The summed E-state index contributed by atoms with van der Waals surface area (Å²) in [5.41, 5.74) is 9.18. The van der Waals surface area contributed by atoms with Gasteiger partial charge in [0, 0.05) is 12.0 Å². The van der Waals surface area contributed by atoms with Crippen molar-refractivity contribution in [2.75, 3.05) is 6.54 Å². The molecule has 0 bridgehead atoms. The molecule has 0 amide bonds. The van der Waals surface area contributed by atoms with Crippen LogP contribution in [0, 0.1) is 6.92 Å². The van der Waals surface area contributed by atoms with Crippen molar-refractivity contribution in [2.45, 2.75) is 38.0 Å². The van der Waals surface area contributed by atoms with Gasteiger partial charge in [-0.1, -0.05) is 23.8 Å². The SMILES string of the molecule is Cc1ccc2c(c1)CCCC2(CN)CC(=O)O. The van der Waals surface area contributed by atoms with Gasteiger partial charge >= 0.3 is 5.97 Å². The normalized spacial score (nSPS) is 23.2. The van der Waals surface area contributed by atoms with E-state index in [0.29, 0.717) is 6.54 Å². The maximum atomic E-state index is 11.1. The molecule has 0 radical (unpaired) electrons. The number of hydrogen-bond donors (Lipinski definition) is 2. The molecule has 1 aromatic rings. The summed E-state index contributed by atoms with van der Waals surface area (Å²) in [5, 5.41) is 9.09. The Balaban J connectivity index is 2.47. The van der Waals surface area contributed by atoms with E-state index >= 15 is 0 Å². The second-order valence-corrected chi connectivity index (χ2v) is 5.07. The van der Waals surface area contributed by atoms with Crippen LogP contribution >= 0.6 is 0 Å². The predicted octanol–water partition coefficient (Wildman–Crippen LogP) is 2.00. The van der Waals surface area contributed by atoms with Crippen LogP contribution < -0.4 is 5.73 Å². The number of carboxylic acid groups (broad SMARTS) is 1. The fourth-order valence-electron chi connectivity index (χ4n) is 2.96. The first-order chi connectivity index (χ1) is 8.07. The van der Waals surface area contributed by atoms with Crippen LogP contribution in [0.1, 0.15) is 36.0 Å². The van der Waals surface area contributed by atoms with Gasteiger partial charge in [0.15, 0.2) is 0 Å². The van der Waals surface area contributed by atoms with Gasteiger partial charge in [0.2, 0.25) is 0 Å². The minimum absolute atomic E-state index is 0.138. The number of fused-ring (bicyclic) bond motifs is 1. The van der Waals surface area contributed by atoms with Crippen molar-refractivity contribution in [1.29, 1.82) is 0 Å². The molecule has 0 saturated carbocycles. The highest BCUT2D eigenvalue weighted by atomic mass is 16.4. The zero-order valence-electron chi connectivity index (χ0n) is 10.2.